The van der Waals surface area contributed by atoms with Gasteiger partial charge in [0.25, 0.3) is 0 Å². The molecule has 2 aromatic rings. The van der Waals surface area contributed by atoms with Crippen molar-refractivity contribution in [3.8, 4) is 0 Å². The first-order valence-electron chi connectivity index (χ1n) is 13.8. The average Bonchev–Trinajstić information content (AvgIpc) is 3.36. The van der Waals surface area contributed by atoms with E-state index < -0.39 is 32.7 Å². The van der Waals surface area contributed by atoms with E-state index in [1.807, 2.05) is 0 Å². The van der Waals surface area contributed by atoms with Crippen LogP contribution in [0.2, 0.25) is 45.7 Å². The molecule has 0 amide bonds. The van der Waals surface area contributed by atoms with Gasteiger partial charge in [0.1, 0.15) is 0 Å². The Morgan fingerprint density at radius 2 is 1.06 bits per heavy atom. The first kappa shape index (κ1) is 26.3. The Labute approximate surface area is 230 Å². The molecule has 0 spiro atoms. The maximum Gasteiger partial charge on any atom is -1.00 e. The van der Waals surface area contributed by atoms with E-state index in [0.717, 1.165) is 11.1 Å². The maximum absolute atomic E-state index is 2.80. The first-order chi connectivity index (χ1) is 16.2. The molecule has 3 fully saturated rings. The molecule has 3 heterocycles. The molecule has 0 radical (unpaired) electrons. The molecule has 2 atom stereocenters. The maximum atomic E-state index is 2.80. The van der Waals surface area contributed by atoms with Crippen molar-refractivity contribution in [1.29, 1.82) is 0 Å². The molecule has 3 aliphatic heterocycles. The molecule has 0 nitrogen and oxygen atoms in total. The monoisotopic (exact) mass is 572 g/mol. The zero-order valence-electron chi connectivity index (χ0n) is 21.3. The van der Waals surface area contributed by atoms with Gasteiger partial charge in [-0.25, -0.2) is 0 Å². The summed E-state index contributed by atoms with van der Waals surface area (Å²) in [6, 6.07) is 28.6. The fourth-order valence-corrected chi connectivity index (χ4v) is 30.9. The quantitative estimate of drug-likeness (QED) is 0.467. The van der Waals surface area contributed by atoms with Crippen molar-refractivity contribution in [3.05, 3.63) is 78.5 Å². The summed E-state index contributed by atoms with van der Waals surface area (Å²) in [5, 5.41) is 0. The van der Waals surface area contributed by atoms with Crippen LogP contribution in [-0.2, 0) is 16.6 Å². The van der Waals surface area contributed by atoms with E-state index in [1.165, 1.54) is 24.9 Å². The van der Waals surface area contributed by atoms with Crippen LogP contribution in [0, 0.1) is 0 Å². The third-order valence-electron chi connectivity index (χ3n) is 11.0. The van der Waals surface area contributed by atoms with Gasteiger partial charge in [0.15, 0.2) is 0 Å². The molecule has 0 N–H and O–H groups in total. The van der Waals surface area contributed by atoms with Crippen molar-refractivity contribution in [3.63, 3.8) is 0 Å². The molecule has 35 heavy (non-hydrogen) atoms. The minimum Gasteiger partial charge on any atom is -1.00 e. The van der Waals surface area contributed by atoms with Crippen molar-refractivity contribution in [2.75, 3.05) is 0 Å². The molecule has 2 aliphatic carbocycles. The van der Waals surface area contributed by atoms with Crippen LogP contribution < -0.4 is 24.8 Å². The van der Waals surface area contributed by atoms with Crippen LogP contribution in [0.15, 0.2) is 56.3 Å². The molecular formula is C30H38Cl2Si2Ti. The number of hydrogen-bond donors (Lipinski definition) is 0. The Kier molecular flexibility index (Phi) is 7.08. The molecule has 5 aliphatic rings. The second-order valence-corrected chi connectivity index (χ2v) is 28.8. The van der Waals surface area contributed by atoms with E-state index >= 15 is 0 Å². The van der Waals surface area contributed by atoms with Gasteiger partial charge in [-0.05, 0) is 0 Å². The van der Waals surface area contributed by atoms with Crippen LogP contribution in [0.4, 0.5) is 0 Å². The average molecular weight is 574 g/mol. The van der Waals surface area contributed by atoms with Gasteiger partial charge in [-0.2, -0.15) is 0 Å². The van der Waals surface area contributed by atoms with Crippen LogP contribution in [0.5, 0.6) is 0 Å². The summed E-state index contributed by atoms with van der Waals surface area (Å²) in [7, 11) is -2.41. The summed E-state index contributed by atoms with van der Waals surface area (Å²) in [5.41, 5.74) is 8.50. The summed E-state index contributed by atoms with van der Waals surface area (Å²) in [4.78, 5) is 0. The van der Waals surface area contributed by atoms with E-state index in [0.29, 0.717) is 0 Å². The largest absolute Gasteiger partial charge is 1.00 e. The Bertz CT molecular complexity index is 1090. The summed E-state index contributed by atoms with van der Waals surface area (Å²) < 4.78 is 7.34. The molecule has 0 aromatic heterocycles. The molecule has 0 saturated carbocycles. The molecule has 2 aromatic carbocycles. The number of fused-ring (bicyclic) bond motifs is 2. The van der Waals surface area contributed by atoms with Crippen LogP contribution in [0.1, 0.15) is 60.0 Å². The van der Waals surface area contributed by atoms with E-state index in [2.05, 4.69) is 82.3 Å². The smallest absolute Gasteiger partial charge is 1.00 e. The van der Waals surface area contributed by atoms with Crippen LogP contribution in [0.3, 0.4) is 0 Å². The SMILES string of the molecule is CC[Si]1(C2[C]([Ti+2]3([C]4=Cc5ccccc5C4[Si]4(CC)CCC4)[CH2][CH2]3)=Cc3ccccc32)CCC1.[Cl-].[Cl-]. The predicted octanol–water partition coefficient (Wildman–Crippen LogP) is 3.10. The summed E-state index contributed by atoms with van der Waals surface area (Å²) in [6.45, 7) is 5.11. The Balaban J connectivity index is 0.00000127. The van der Waals surface area contributed by atoms with Crippen molar-refractivity contribution in [2.45, 2.75) is 83.5 Å². The van der Waals surface area contributed by atoms with Gasteiger partial charge in [-0.1, -0.05) is 0 Å². The van der Waals surface area contributed by atoms with Gasteiger partial charge in [0.2, 0.25) is 0 Å². The van der Waals surface area contributed by atoms with Crippen LogP contribution >= 0.6 is 0 Å². The first-order valence-corrected chi connectivity index (χ1v) is 23.0. The van der Waals surface area contributed by atoms with E-state index in [1.54, 1.807) is 55.9 Å². The molecule has 5 heteroatoms. The normalized spacial score (nSPS) is 26.7. The Morgan fingerprint density at radius 3 is 1.37 bits per heavy atom. The topological polar surface area (TPSA) is 0 Å². The van der Waals surface area contributed by atoms with E-state index in [-0.39, 0.29) is 24.8 Å². The number of allylic oxidation sites excluding steroid dienone is 2. The van der Waals surface area contributed by atoms with Crippen molar-refractivity contribution in [2.24, 2.45) is 0 Å². The molecule has 2 unspecified atom stereocenters. The van der Waals surface area contributed by atoms with Gasteiger partial charge in [-0.15, -0.1) is 0 Å². The molecule has 184 valence electrons. The Hall–Kier alpha value is -0.352. The number of rotatable bonds is 6. The standard InChI is InChI=1S/2C14H17Si.C2H4.2ClH.Ti/c2*1-2-15(10-5-11-15)14-9-8-12-6-3-4-7-13(12)14;1-2;;;/h2*3-4,6-8,14H,2,5,10-11H2,1H3;1-2H2;2*1H;/q;;;;;+2/p-2. The second kappa shape index (κ2) is 9.44. The summed E-state index contributed by atoms with van der Waals surface area (Å²) in [5.74, 6) is 0. The van der Waals surface area contributed by atoms with Crippen molar-refractivity contribution in [1.82, 2.24) is 0 Å². The zero-order chi connectivity index (χ0) is 22.3. The Morgan fingerprint density at radius 1 is 0.657 bits per heavy atom. The van der Waals surface area contributed by atoms with Crippen molar-refractivity contribution < 1.29 is 41.4 Å². The van der Waals surface area contributed by atoms with Gasteiger partial charge in [0, 0.05) is 0 Å². The van der Waals surface area contributed by atoms with Gasteiger partial charge < -0.3 is 24.8 Å². The fraction of sp³-hybridized carbons (Fsp3) is 0.467. The van der Waals surface area contributed by atoms with Crippen molar-refractivity contribution >= 4 is 28.3 Å². The third-order valence-corrected chi connectivity index (χ3v) is 31.0. The molecule has 7 rings (SSSR count). The van der Waals surface area contributed by atoms with Gasteiger partial charge in [0.05, 0.1) is 0 Å². The molecule has 3 saturated heterocycles. The minimum atomic E-state index is -2.20. The number of halogens is 2. The number of hydrogen-bond acceptors (Lipinski definition) is 0. The molecule has 0 bridgehead atoms. The summed E-state index contributed by atoms with van der Waals surface area (Å²) in [6.07, 6.45) is 8.62. The second-order valence-electron chi connectivity index (χ2n) is 12.0. The van der Waals surface area contributed by atoms with Crippen LogP contribution in [-0.4, -0.2) is 16.1 Å². The predicted molar refractivity (Wildman–Crippen MR) is 145 cm³/mol. The fourth-order valence-electron chi connectivity index (χ4n) is 8.62. The third kappa shape index (κ3) is 3.61. The van der Waals surface area contributed by atoms with Gasteiger partial charge >= 0.3 is 207 Å². The van der Waals surface area contributed by atoms with E-state index in [9.17, 15) is 0 Å². The molecular weight excluding hydrogens is 535 g/mol. The van der Waals surface area contributed by atoms with E-state index in [4.69, 9.17) is 0 Å². The van der Waals surface area contributed by atoms with Gasteiger partial charge in [-0.3, -0.25) is 0 Å². The number of benzene rings is 2. The summed E-state index contributed by atoms with van der Waals surface area (Å²) >= 11 is -2.20. The zero-order valence-corrected chi connectivity index (χ0v) is 26.3. The van der Waals surface area contributed by atoms with Crippen LogP contribution in [0.25, 0.3) is 12.2 Å². The minimum absolute atomic E-state index is 0.